The Morgan fingerprint density at radius 2 is 1.77 bits per heavy atom. The summed E-state index contributed by atoms with van der Waals surface area (Å²) in [5.74, 6) is -0.0122. The smallest absolute Gasteiger partial charge is 0.335 e. The molecular formula is C19H29NO2. The monoisotopic (exact) mass is 303 g/mol. The summed E-state index contributed by atoms with van der Waals surface area (Å²) in [7, 11) is 0. The second-order valence-electron chi connectivity index (χ2n) is 7.27. The van der Waals surface area contributed by atoms with Crippen molar-refractivity contribution in [2.24, 2.45) is 11.3 Å². The molecule has 1 aliphatic rings. The summed E-state index contributed by atoms with van der Waals surface area (Å²) in [6.07, 6.45) is 6.39. The van der Waals surface area contributed by atoms with Gasteiger partial charge in [-0.05, 0) is 54.7 Å². The number of hydrogen-bond donors (Lipinski definition) is 2. The molecule has 0 radical (unpaired) electrons. The number of benzene rings is 1. The Labute approximate surface area is 134 Å². The fourth-order valence-corrected chi connectivity index (χ4v) is 3.40. The third kappa shape index (κ3) is 4.33. The molecule has 2 N–H and O–H groups in total. The van der Waals surface area contributed by atoms with Crippen LogP contribution in [0.25, 0.3) is 0 Å². The van der Waals surface area contributed by atoms with Crippen molar-refractivity contribution in [3.63, 3.8) is 0 Å². The molecule has 1 aliphatic carbocycles. The van der Waals surface area contributed by atoms with E-state index in [-0.39, 0.29) is 0 Å². The van der Waals surface area contributed by atoms with Gasteiger partial charge >= 0.3 is 5.97 Å². The molecule has 0 aliphatic heterocycles. The molecule has 1 fully saturated rings. The van der Waals surface area contributed by atoms with Gasteiger partial charge in [-0.3, -0.25) is 0 Å². The normalized spacial score (nSPS) is 22.5. The molecule has 2 rings (SSSR count). The molecule has 3 nitrogen and oxygen atoms in total. The topological polar surface area (TPSA) is 49.3 Å². The molecular weight excluding hydrogens is 274 g/mol. The van der Waals surface area contributed by atoms with E-state index < -0.39 is 5.97 Å². The molecule has 1 aromatic carbocycles. The molecule has 0 unspecified atom stereocenters. The summed E-state index contributed by atoms with van der Waals surface area (Å²) >= 11 is 0. The lowest BCUT2D eigenvalue weighted by Crippen LogP contribution is -2.36. The number of nitrogens with one attached hydrogen (secondary N) is 1. The van der Waals surface area contributed by atoms with Gasteiger partial charge in [0.2, 0.25) is 0 Å². The first kappa shape index (κ1) is 17.0. The Bertz CT molecular complexity index is 485. The van der Waals surface area contributed by atoms with E-state index in [0.717, 1.165) is 18.0 Å². The van der Waals surface area contributed by atoms with E-state index in [1.54, 1.807) is 12.1 Å². The molecule has 122 valence electrons. The van der Waals surface area contributed by atoms with Crippen LogP contribution in [0, 0.1) is 11.3 Å². The molecule has 22 heavy (non-hydrogen) atoms. The highest BCUT2D eigenvalue weighted by Gasteiger charge is 2.31. The molecule has 0 saturated heterocycles. The van der Waals surface area contributed by atoms with Crippen LogP contribution >= 0.6 is 0 Å². The van der Waals surface area contributed by atoms with Crippen molar-refractivity contribution < 1.29 is 9.90 Å². The largest absolute Gasteiger partial charge is 0.478 e. The molecule has 0 amide bonds. The summed E-state index contributed by atoms with van der Waals surface area (Å²) in [4.78, 5) is 10.8. The Kier molecular flexibility index (Phi) is 5.63. The van der Waals surface area contributed by atoms with Crippen LogP contribution in [0.3, 0.4) is 0 Å². The van der Waals surface area contributed by atoms with Crippen molar-refractivity contribution in [2.45, 2.75) is 65.5 Å². The zero-order chi connectivity index (χ0) is 16.2. The maximum absolute atomic E-state index is 10.8. The molecule has 1 saturated carbocycles. The number of aromatic carboxylic acids is 1. The van der Waals surface area contributed by atoms with Crippen LogP contribution in [-0.4, -0.2) is 17.1 Å². The SMILES string of the molecule is CCC(C)(C)C1CCC(NCc2ccc(C(=O)O)cc2)CC1. The van der Waals surface area contributed by atoms with Crippen LogP contribution in [0.1, 0.15) is 68.8 Å². The number of carboxylic acid groups (broad SMARTS) is 1. The quantitative estimate of drug-likeness (QED) is 0.815. The predicted molar refractivity (Wildman–Crippen MR) is 90.1 cm³/mol. The first-order chi connectivity index (χ1) is 10.4. The second-order valence-corrected chi connectivity index (χ2v) is 7.27. The van der Waals surface area contributed by atoms with E-state index in [1.165, 1.54) is 32.1 Å². The van der Waals surface area contributed by atoms with Crippen LogP contribution in [0.2, 0.25) is 0 Å². The van der Waals surface area contributed by atoms with Gasteiger partial charge in [-0.15, -0.1) is 0 Å². The lowest BCUT2D eigenvalue weighted by molar-refractivity contribution is 0.0697. The van der Waals surface area contributed by atoms with E-state index >= 15 is 0 Å². The highest BCUT2D eigenvalue weighted by atomic mass is 16.4. The summed E-state index contributed by atoms with van der Waals surface area (Å²) in [5.41, 5.74) is 1.98. The van der Waals surface area contributed by atoms with E-state index in [4.69, 9.17) is 5.11 Å². The van der Waals surface area contributed by atoms with Gasteiger partial charge in [0, 0.05) is 12.6 Å². The predicted octanol–water partition coefficient (Wildman–Crippen LogP) is 4.47. The van der Waals surface area contributed by atoms with Crippen molar-refractivity contribution in [3.05, 3.63) is 35.4 Å². The summed E-state index contributed by atoms with van der Waals surface area (Å²) in [6, 6.07) is 7.77. The molecule has 3 heteroatoms. The van der Waals surface area contributed by atoms with Crippen molar-refractivity contribution in [1.29, 1.82) is 0 Å². The van der Waals surface area contributed by atoms with Crippen molar-refractivity contribution in [1.82, 2.24) is 5.32 Å². The molecule has 0 heterocycles. The van der Waals surface area contributed by atoms with Gasteiger partial charge in [0.1, 0.15) is 0 Å². The molecule has 0 atom stereocenters. The minimum atomic E-state index is -0.864. The second kappa shape index (κ2) is 7.28. The van der Waals surface area contributed by atoms with Gasteiger partial charge in [-0.25, -0.2) is 4.79 Å². The summed E-state index contributed by atoms with van der Waals surface area (Å²) in [6.45, 7) is 7.92. The fraction of sp³-hybridized carbons (Fsp3) is 0.632. The average molecular weight is 303 g/mol. The van der Waals surface area contributed by atoms with Gasteiger partial charge in [0.15, 0.2) is 0 Å². The fourth-order valence-electron chi connectivity index (χ4n) is 3.40. The van der Waals surface area contributed by atoms with Crippen LogP contribution in [0.4, 0.5) is 0 Å². The zero-order valence-electron chi connectivity index (χ0n) is 14.1. The van der Waals surface area contributed by atoms with Crippen LogP contribution in [0.15, 0.2) is 24.3 Å². The Morgan fingerprint density at radius 3 is 2.27 bits per heavy atom. The molecule has 1 aromatic rings. The van der Waals surface area contributed by atoms with Crippen LogP contribution in [-0.2, 0) is 6.54 Å². The highest BCUT2D eigenvalue weighted by Crippen LogP contribution is 2.40. The third-order valence-corrected chi connectivity index (χ3v) is 5.54. The number of rotatable bonds is 6. The molecule has 0 bridgehead atoms. The third-order valence-electron chi connectivity index (χ3n) is 5.54. The van der Waals surface area contributed by atoms with Crippen LogP contribution in [0.5, 0.6) is 0 Å². The van der Waals surface area contributed by atoms with E-state index in [0.29, 0.717) is 17.0 Å². The Morgan fingerprint density at radius 1 is 1.18 bits per heavy atom. The minimum Gasteiger partial charge on any atom is -0.478 e. The van der Waals surface area contributed by atoms with Crippen molar-refractivity contribution in [3.8, 4) is 0 Å². The van der Waals surface area contributed by atoms with Crippen LogP contribution < -0.4 is 5.32 Å². The minimum absolute atomic E-state index is 0.353. The van der Waals surface area contributed by atoms with Gasteiger partial charge in [-0.1, -0.05) is 39.3 Å². The maximum Gasteiger partial charge on any atom is 0.335 e. The lowest BCUT2D eigenvalue weighted by Gasteiger charge is -2.39. The standard InChI is InChI=1S/C19H29NO2/c1-4-19(2,3)16-9-11-17(12-10-16)20-13-14-5-7-15(8-6-14)18(21)22/h5-8,16-17,20H,4,9-13H2,1-3H3,(H,21,22). The van der Waals surface area contributed by atoms with Gasteiger partial charge < -0.3 is 10.4 Å². The number of carbonyl (C=O) groups is 1. The summed E-state index contributed by atoms with van der Waals surface area (Å²) < 4.78 is 0. The first-order valence-corrected chi connectivity index (χ1v) is 8.48. The first-order valence-electron chi connectivity index (χ1n) is 8.48. The van der Waals surface area contributed by atoms with Crippen molar-refractivity contribution >= 4 is 5.97 Å². The highest BCUT2D eigenvalue weighted by molar-refractivity contribution is 5.87. The Hall–Kier alpha value is -1.35. The van der Waals surface area contributed by atoms with E-state index in [1.807, 2.05) is 12.1 Å². The average Bonchev–Trinajstić information content (AvgIpc) is 2.53. The van der Waals surface area contributed by atoms with E-state index in [2.05, 4.69) is 26.1 Å². The van der Waals surface area contributed by atoms with Gasteiger partial charge in [0.25, 0.3) is 0 Å². The van der Waals surface area contributed by atoms with Crippen molar-refractivity contribution in [2.75, 3.05) is 0 Å². The summed E-state index contributed by atoms with van der Waals surface area (Å²) in [5, 5.41) is 12.5. The van der Waals surface area contributed by atoms with Gasteiger partial charge in [0.05, 0.1) is 5.56 Å². The van der Waals surface area contributed by atoms with Gasteiger partial charge in [-0.2, -0.15) is 0 Å². The zero-order valence-corrected chi connectivity index (χ0v) is 14.1. The Balaban J connectivity index is 1.78. The molecule has 0 spiro atoms. The number of hydrogen-bond acceptors (Lipinski definition) is 2. The van der Waals surface area contributed by atoms with E-state index in [9.17, 15) is 4.79 Å². The molecule has 0 aromatic heterocycles. The maximum atomic E-state index is 10.8. The number of carboxylic acids is 1. The lowest BCUT2D eigenvalue weighted by atomic mass is 9.69.